The van der Waals surface area contributed by atoms with Crippen molar-refractivity contribution in [2.45, 2.75) is 25.8 Å². The van der Waals surface area contributed by atoms with Gasteiger partial charge >= 0.3 is 0 Å². The molecule has 2 aromatic heterocycles. The summed E-state index contributed by atoms with van der Waals surface area (Å²) in [6.45, 7) is 1.46. The number of nitrogens with one attached hydrogen (secondary N) is 1. The van der Waals surface area contributed by atoms with Gasteiger partial charge in [-0.3, -0.25) is 9.36 Å². The molecule has 4 aromatic rings. The Bertz CT molecular complexity index is 1590. The predicted molar refractivity (Wildman–Crippen MR) is 125 cm³/mol. The van der Waals surface area contributed by atoms with E-state index in [1.165, 1.54) is 19.1 Å². The van der Waals surface area contributed by atoms with Gasteiger partial charge in [-0.1, -0.05) is 6.07 Å². The number of rotatable bonds is 6. The molecule has 0 unspecified atom stereocenters. The van der Waals surface area contributed by atoms with Gasteiger partial charge < -0.3 is 16.8 Å². The minimum Gasteiger partial charge on any atom is -0.382 e. The molecule has 0 aliphatic heterocycles. The Morgan fingerprint density at radius 1 is 1.03 bits per heavy atom. The van der Waals surface area contributed by atoms with E-state index >= 15 is 0 Å². The number of halogens is 5. The second kappa shape index (κ2) is 9.69. The Kier molecular flexibility index (Phi) is 6.62. The van der Waals surface area contributed by atoms with Gasteiger partial charge in [0.1, 0.15) is 34.5 Å². The van der Waals surface area contributed by atoms with E-state index in [1.54, 1.807) is 0 Å². The van der Waals surface area contributed by atoms with Gasteiger partial charge in [0, 0.05) is 11.1 Å². The van der Waals surface area contributed by atoms with Gasteiger partial charge in [-0.15, -0.1) is 0 Å². The van der Waals surface area contributed by atoms with Gasteiger partial charge in [0.2, 0.25) is 5.95 Å². The van der Waals surface area contributed by atoms with Crippen LogP contribution >= 0.6 is 0 Å². The van der Waals surface area contributed by atoms with E-state index in [0.717, 1.165) is 22.8 Å². The molecule has 0 saturated carbocycles. The van der Waals surface area contributed by atoms with E-state index in [-0.39, 0.29) is 40.2 Å². The Morgan fingerprint density at radius 3 is 2.27 bits per heavy atom. The zero-order chi connectivity index (χ0) is 27.0. The van der Waals surface area contributed by atoms with Crippen LogP contribution in [-0.2, 0) is 0 Å². The molecule has 2 aromatic carbocycles. The van der Waals surface area contributed by atoms with Gasteiger partial charge in [-0.25, -0.2) is 26.9 Å². The Balaban J connectivity index is 2.01. The number of fused-ring (bicyclic) bond motifs is 1. The molecule has 0 aliphatic rings. The highest BCUT2D eigenvalue weighted by Crippen LogP contribution is 2.31. The normalized spacial score (nSPS) is 12.2. The topological polar surface area (TPSA) is 149 Å². The average Bonchev–Trinajstić information content (AvgIpc) is 2.83. The Morgan fingerprint density at radius 2 is 1.68 bits per heavy atom. The van der Waals surface area contributed by atoms with Crippen molar-refractivity contribution in [2.24, 2.45) is 0 Å². The molecular formula is C23H17F5N8O. The minimum atomic E-state index is -3.14. The van der Waals surface area contributed by atoms with Crippen LogP contribution in [0.4, 0.5) is 39.5 Å². The molecule has 37 heavy (non-hydrogen) atoms. The van der Waals surface area contributed by atoms with E-state index in [9.17, 15) is 32.0 Å². The van der Waals surface area contributed by atoms with Crippen LogP contribution in [0.3, 0.4) is 0 Å². The zero-order valence-electron chi connectivity index (χ0n) is 18.9. The molecule has 0 radical (unpaired) electrons. The largest absolute Gasteiger partial charge is 0.382 e. The van der Waals surface area contributed by atoms with Crippen LogP contribution in [0, 0.1) is 17.1 Å². The van der Waals surface area contributed by atoms with Crippen LogP contribution in [0.1, 0.15) is 48.3 Å². The summed E-state index contributed by atoms with van der Waals surface area (Å²) in [6.07, 6.45) is -6.27. The summed E-state index contributed by atoms with van der Waals surface area (Å²) < 4.78 is 69.5. The third-order valence-corrected chi connectivity index (χ3v) is 5.40. The standard InChI is InChI=1S/C23H17F5N8O/c1-9(32-20-13(8-29)19(30)34-23(31)35-20)21-33-15-4-2-3-14(24)16(15)22(37)36(21)12-6-10(17(25)26)5-11(7-12)18(27)28/h2-7,9,17-18H,1H3,(H5,30,31,32,34,35)/t9-/m0/s1. The number of nitrogens with two attached hydrogens (primary N) is 2. The van der Waals surface area contributed by atoms with Crippen molar-refractivity contribution in [3.63, 3.8) is 0 Å². The molecule has 5 N–H and O–H groups in total. The number of nitriles is 1. The zero-order valence-corrected chi connectivity index (χ0v) is 18.9. The maximum atomic E-state index is 14.6. The Hall–Kier alpha value is -4.80. The van der Waals surface area contributed by atoms with Crippen LogP contribution in [0.15, 0.2) is 41.2 Å². The lowest BCUT2D eigenvalue weighted by molar-refractivity contribution is 0.144. The third-order valence-electron chi connectivity index (χ3n) is 5.40. The van der Waals surface area contributed by atoms with Gasteiger partial charge in [0.05, 0.1) is 17.2 Å². The highest BCUT2D eigenvalue weighted by Gasteiger charge is 2.24. The first-order valence-corrected chi connectivity index (χ1v) is 10.5. The molecule has 0 spiro atoms. The maximum Gasteiger partial charge on any atom is 0.269 e. The van der Waals surface area contributed by atoms with Crippen molar-refractivity contribution >= 4 is 28.5 Å². The average molecular weight is 516 g/mol. The van der Waals surface area contributed by atoms with Gasteiger partial charge in [-0.05, 0) is 37.3 Å². The summed E-state index contributed by atoms with van der Waals surface area (Å²) in [4.78, 5) is 25.4. The molecule has 0 aliphatic carbocycles. The number of alkyl halides is 4. The summed E-state index contributed by atoms with van der Waals surface area (Å²) in [7, 11) is 0. The van der Waals surface area contributed by atoms with Crippen molar-refractivity contribution in [2.75, 3.05) is 16.8 Å². The Labute approximate surface area is 205 Å². The summed E-state index contributed by atoms with van der Waals surface area (Å²) in [6, 6.07) is 6.72. The number of anilines is 3. The summed E-state index contributed by atoms with van der Waals surface area (Å²) in [5.41, 5.74) is 8.12. The third kappa shape index (κ3) is 4.70. The summed E-state index contributed by atoms with van der Waals surface area (Å²) >= 11 is 0. The second-order valence-electron chi connectivity index (χ2n) is 7.87. The molecule has 190 valence electrons. The SMILES string of the molecule is C[C@H](Nc1nc(N)nc(N)c1C#N)c1nc2cccc(F)c2c(=O)n1-c1cc(C(F)F)cc(C(F)F)c1. The number of hydrogen-bond donors (Lipinski definition) is 3. The number of aromatic nitrogens is 4. The van der Waals surface area contributed by atoms with E-state index in [4.69, 9.17) is 11.5 Å². The summed E-state index contributed by atoms with van der Waals surface area (Å²) in [5, 5.41) is 11.8. The molecule has 0 fully saturated rings. The van der Waals surface area contributed by atoms with Gasteiger partial charge in [0.15, 0.2) is 5.82 Å². The highest BCUT2D eigenvalue weighted by atomic mass is 19.3. The first-order chi connectivity index (χ1) is 17.5. The van der Waals surface area contributed by atoms with Crippen molar-refractivity contribution in [3.05, 3.63) is 75.1 Å². The van der Waals surface area contributed by atoms with Crippen LogP contribution in [-0.4, -0.2) is 19.5 Å². The lowest BCUT2D eigenvalue weighted by Gasteiger charge is -2.21. The van der Waals surface area contributed by atoms with E-state index in [0.29, 0.717) is 6.07 Å². The minimum absolute atomic E-state index is 0.0776. The van der Waals surface area contributed by atoms with E-state index in [1.807, 2.05) is 6.07 Å². The molecule has 9 nitrogen and oxygen atoms in total. The monoisotopic (exact) mass is 516 g/mol. The maximum absolute atomic E-state index is 14.6. The molecule has 0 bridgehead atoms. The second-order valence-corrected chi connectivity index (χ2v) is 7.87. The van der Waals surface area contributed by atoms with Crippen molar-refractivity contribution in [3.8, 4) is 11.8 Å². The number of benzene rings is 2. The van der Waals surface area contributed by atoms with E-state index in [2.05, 4.69) is 20.3 Å². The van der Waals surface area contributed by atoms with Crippen LogP contribution in [0.2, 0.25) is 0 Å². The highest BCUT2D eigenvalue weighted by molar-refractivity contribution is 5.79. The van der Waals surface area contributed by atoms with Crippen molar-refractivity contribution in [1.29, 1.82) is 5.26 Å². The number of nitrogen functional groups attached to an aromatic ring is 2. The molecule has 0 amide bonds. The van der Waals surface area contributed by atoms with Crippen LogP contribution < -0.4 is 22.3 Å². The molecule has 1 atom stereocenters. The first kappa shape index (κ1) is 25.3. The summed E-state index contributed by atoms with van der Waals surface area (Å²) in [5.74, 6) is -1.77. The van der Waals surface area contributed by atoms with E-state index < -0.39 is 46.8 Å². The lowest BCUT2D eigenvalue weighted by atomic mass is 10.1. The predicted octanol–water partition coefficient (Wildman–Crippen LogP) is 4.40. The first-order valence-electron chi connectivity index (χ1n) is 10.5. The fourth-order valence-corrected chi connectivity index (χ4v) is 3.77. The molecule has 14 heteroatoms. The quantitative estimate of drug-likeness (QED) is 0.319. The number of hydrogen-bond acceptors (Lipinski definition) is 8. The van der Waals surface area contributed by atoms with Crippen LogP contribution in [0.5, 0.6) is 0 Å². The van der Waals surface area contributed by atoms with Crippen molar-refractivity contribution in [1.82, 2.24) is 19.5 Å². The van der Waals surface area contributed by atoms with Gasteiger partial charge in [-0.2, -0.15) is 15.2 Å². The lowest BCUT2D eigenvalue weighted by Crippen LogP contribution is -2.28. The molecule has 0 saturated heterocycles. The smallest absolute Gasteiger partial charge is 0.269 e. The molecular weight excluding hydrogens is 499 g/mol. The molecule has 4 rings (SSSR count). The fourth-order valence-electron chi connectivity index (χ4n) is 3.77. The molecule has 2 heterocycles. The fraction of sp³-hybridized carbons (Fsp3) is 0.174. The van der Waals surface area contributed by atoms with Gasteiger partial charge in [0.25, 0.3) is 18.4 Å². The van der Waals surface area contributed by atoms with Crippen LogP contribution in [0.25, 0.3) is 16.6 Å². The van der Waals surface area contributed by atoms with Crippen molar-refractivity contribution < 1.29 is 22.0 Å². The number of nitrogens with zero attached hydrogens (tertiary/aromatic N) is 5.